The van der Waals surface area contributed by atoms with Crippen molar-refractivity contribution in [3.63, 3.8) is 0 Å². The van der Waals surface area contributed by atoms with Gasteiger partial charge in [0, 0.05) is 18.2 Å². The van der Waals surface area contributed by atoms with Crippen LogP contribution in [0.3, 0.4) is 0 Å². The van der Waals surface area contributed by atoms with E-state index in [2.05, 4.69) is 5.32 Å². The molecule has 0 aliphatic carbocycles. The number of nitrogens with one attached hydrogen (secondary N) is 1. The normalized spacial score (nSPS) is 14.7. The van der Waals surface area contributed by atoms with Crippen LogP contribution >= 0.6 is 0 Å². The molecule has 0 radical (unpaired) electrons. The molecule has 1 heterocycles. The van der Waals surface area contributed by atoms with Gasteiger partial charge in [-0.25, -0.2) is 0 Å². The second-order valence-corrected chi connectivity index (χ2v) is 3.55. The lowest BCUT2D eigenvalue weighted by Gasteiger charge is -2.14. The summed E-state index contributed by atoms with van der Waals surface area (Å²) in [6.45, 7) is 3.58. The van der Waals surface area contributed by atoms with Crippen molar-refractivity contribution in [2.75, 3.05) is 6.54 Å². The molecule has 84 valence electrons. The minimum absolute atomic E-state index is 0.219. The molecule has 0 bridgehead atoms. The van der Waals surface area contributed by atoms with Gasteiger partial charge in [0.25, 0.3) is 5.91 Å². The van der Waals surface area contributed by atoms with E-state index < -0.39 is 12.1 Å². The molecule has 0 aliphatic heterocycles. The Kier molecular flexibility index (Phi) is 3.88. The lowest BCUT2D eigenvalue weighted by atomic mass is 10.2. The number of aryl methyl sites for hydroxylation is 1. The fourth-order valence-corrected chi connectivity index (χ4v) is 1.07. The van der Waals surface area contributed by atoms with Gasteiger partial charge in [0.1, 0.15) is 0 Å². The van der Waals surface area contributed by atoms with Gasteiger partial charge in [-0.3, -0.25) is 4.79 Å². The molecular formula is C10H16N2O3. The van der Waals surface area contributed by atoms with Crippen molar-refractivity contribution >= 4 is 5.91 Å². The Balaban J connectivity index is 2.47. The van der Waals surface area contributed by atoms with Gasteiger partial charge in [0.15, 0.2) is 5.76 Å². The Hall–Kier alpha value is -1.33. The van der Waals surface area contributed by atoms with Crippen molar-refractivity contribution in [1.82, 2.24) is 5.32 Å². The van der Waals surface area contributed by atoms with Crippen LogP contribution in [0.4, 0.5) is 0 Å². The van der Waals surface area contributed by atoms with Gasteiger partial charge in [-0.2, -0.15) is 0 Å². The fraction of sp³-hybridized carbons (Fsp3) is 0.500. The van der Waals surface area contributed by atoms with Gasteiger partial charge >= 0.3 is 0 Å². The van der Waals surface area contributed by atoms with Crippen LogP contribution < -0.4 is 11.1 Å². The number of hydrogen-bond donors (Lipinski definition) is 3. The molecular weight excluding hydrogens is 196 g/mol. The highest BCUT2D eigenvalue weighted by molar-refractivity contribution is 5.92. The molecule has 15 heavy (non-hydrogen) atoms. The fourth-order valence-electron chi connectivity index (χ4n) is 1.07. The molecule has 1 aromatic heterocycles. The van der Waals surface area contributed by atoms with Crippen LogP contribution in [-0.2, 0) is 0 Å². The molecule has 0 aliphatic rings. The van der Waals surface area contributed by atoms with E-state index in [1.807, 2.05) is 0 Å². The van der Waals surface area contributed by atoms with E-state index in [1.165, 1.54) is 6.26 Å². The van der Waals surface area contributed by atoms with Gasteiger partial charge in [-0.15, -0.1) is 0 Å². The summed E-state index contributed by atoms with van der Waals surface area (Å²) in [5, 5.41) is 11.7. The third-order valence-corrected chi connectivity index (χ3v) is 2.19. The number of aliphatic hydroxyl groups excluding tert-OH is 1. The first-order valence-corrected chi connectivity index (χ1v) is 4.78. The molecule has 1 amide bonds. The largest absolute Gasteiger partial charge is 0.459 e. The molecule has 0 spiro atoms. The van der Waals surface area contributed by atoms with E-state index in [0.29, 0.717) is 0 Å². The molecule has 1 aromatic rings. The average Bonchev–Trinajstić information content (AvgIpc) is 2.60. The highest BCUT2D eigenvalue weighted by atomic mass is 16.3. The Morgan fingerprint density at radius 1 is 1.73 bits per heavy atom. The number of aliphatic hydroxyl groups is 1. The molecule has 0 fully saturated rings. The minimum atomic E-state index is -0.650. The number of nitrogens with two attached hydrogens (primary N) is 1. The average molecular weight is 212 g/mol. The monoisotopic (exact) mass is 212 g/mol. The quantitative estimate of drug-likeness (QED) is 0.656. The predicted molar refractivity (Wildman–Crippen MR) is 55.4 cm³/mol. The van der Waals surface area contributed by atoms with Crippen molar-refractivity contribution in [3.8, 4) is 0 Å². The van der Waals surface area contributed by atoms with Crippen LogP contribution in [0.5, 0.6) is 0 Å². The van der Waals surface area contributed by atoms with Crippen LogP contribution in [0.15, 0.2) is 16.7 Å². The molecule has 4 N–H and O–H groups in total. The molecule has 5 nitrogen and oxygen atoms in total. The summed E-state index contributed by atoms with van der Waals surface area (Å²) < 4.78 is 5.00. The smallest absolute Gasteiger partial charge is 0.287 e. The number of carbonyl (C=O) groups is 1. The van der Waals surface area contributed by atoms with E-state index in [4.69, 9.17) is 15.3 Å². The van der Waals surface area contributed by atoms with E-state index in [-0.39, 0.29) is 18.2 Å². The molecule has 0 saturated carbocycles. The van der Waals surface area contributed by atoms with Crippen molar-refractivity contribution in [1.29, 1.82) is 0 Å². The summed E-state index contributed by atoms with van der Waals surface area (Å²) in [6.07, 6.45) is 0.807. The maximum atomic E-state index is 11.5. The van der Waals surface area contributed by atoms with E-state index in [1.54, 1.807) is 19.9 Å². The Morgan fingerprint density at radius 2 is 2.40 bits per heavy atom. The molecule has 2 atom stereocenters. The maximum Gasteiger partial charge on any atom is 0.287 e. The summed E-state index contributed by atoms with van der Waals surface area (Å²) in [5.74, 6) is -0.0265. The molecule has 2 unspecified atom stereocenters. The first kappa shape index (κ1) is 11.7. The second kappa shape index (κ2) is 4.95. The zero-order valence-corrected chi connectivity index (χ0v) is 8.86. The predicted octanol–water partition coefficient (Wildman–Crippen LogP) is 0.0259. The van der Waals surface area contributed by atoms with Crippen molar-refractivity contribution in [2.24, 2.45) is 5.73 Å². The third-order valence-electron chi connectivity index (χ3n) is 2.19. The first-order valence-electron chi connectivity index (χ1n) is 4.78. The Bertz CT molecular complexity index is 333. The molecule has 0 aromatic carbocycles. The Morgan fingerprint density at radius 3 is 2.87 bits per heavy atom. The number of hydrogen-bond acceptors (Lipinski definition) is 4. The van der Waals surface area contributed by atoms with Crippen molar-refractivity contribution in [3.05, 3.63) is 23.7 Å². The topological polar surface area (TPSA) is 88.5 Å². The first-order chi connectivity index (χ1) is 7.02. The maximum absolute atomic E-state index is 11.5. The van der Waals surface area contributed by atoms with E-state index in [0.717, 1.165) is 5.56 Å². The zero-order valence-electron chi connectivity index (χ0n) is 8.86. The molecule has 0 saturated heterocycles. The molecule has 1 rings (SSSR count). The van der Waals surface area contributed by atoms with Gasteiger partial charge in [0.05, 0.1) is 12.4 Å². The molecule has 5 heteroatoms. The summed E-state index contributed by atoms with van der Waals surface area (Å²) in [7, 11) is 0. The Labute approximate surface area is 88.3 Å². The van der Waals surface area contributed by atoms with E-state index >= 15 is 0 Å². The van der Waals surface area contributed by atoms with Gasteiger partial charge in [0.2, 0.25) is 0 Å². The summed E-state index contributed by atoms with van der Waals surface area (Å²) in [5.41, 5.74) is 6.34. The van der Waals surface area contributed by atoms with Crippen LogP contribution in [-0.4, -0.2) is 29.7 Å². The van der Waals surface area contributed by atoms with Crippen LogP contribution in [0.1, 0.15) is 23.0 Å². The lowest BCUT2D eigenvalue weighted by Crippen LogP contribution is -2.43. The number of furan rings is 1. The highest BCUT2D eigenvalue weighted by Crippen LogP contribution is 2.07. The zero-order chi connectivity index (χ0) is 11.4. The SMILES string of the molecule is Cc1ccoc1C(=O)NCC(N)C(C)O. The number of rotatable bonds is 4. The summed E-state index contributed by atoms with van der Waals surface area (Å²) in [4.78, 5) is 11.5. The lowest BCUT2D eigenvalue weighted by molar-refractivity contribution is 0.0909. The second-order valence-electron chi connectivity index (χ2n) is 3.55. The van der Waals surface area contributed by atoms with Gasteiger partial charge in [-0.05, 0) is 19.9 Å². The van der Waals surface area contributed by atoms with Crippen molar-refractivity contribution in [2.45, 2.75) is 26.0 Å². The van der Waals surface area contributed by atoms with Gasteiger partial charge < -0.3 is 20.6 Å². The summed E-state index contributed by atoms with van der Waals surface area (Å²) in [6, 6.07) is 1.24. The summed E-state index contributed by atoms with van der Waals surface area (Å²) >= 11 is 0. The van der Waals surface area contributed by atoms with Crippen LogP contribution in [0.25, 0.3) is 0 Å². The number of carbonyl (C=O) groups excluding carboxylic acids is 1. The van der Waals surface area contributed by atoms with Crippen LogP contribution in [0, 0.1) is 6.92 Å². The third kappa shape index (κ3) is 3.07. The minimum Gasteiger partial charge on any atom is -0.459 e. The van der Waals surface area contributed by atoms with Crippen molar-refractivity contribution < 1.29 is 14.3 Å². The standard InChI is InChI=1S/C10H16N2O3/c1-6-3-4-15-9(6)10(14)12-5-8(11)7(2)13/h3-4,7-8,13H,5,11H2,1-2H3,(H,12,14). The highest BCUT2D eigenvalue weighted by Gasteiger charge is 2.15. The number of amides is 1. The van der Waals surface area contributed by atoms with Crippen LogP contribution in [0.2, 0.25) is 0 Å². The van der Waals surface area contributed by atoms with E-state index in [9.17, 15) is 4.79 Å². The van der Waals surface area contributed by atoms with Gasteiger partial charge in [-0.1, -0.05) is 0 Å².